The Morgan fingerprint density at radius 3 is 2.45 bits per heavy atom. The lowest BCUT2D eigenvalue weighted by molar-refractivity contribution is -0.385. The average Bonchev–Trinajstić information content (AvgIpc) is 2.39. The van der Waals surface area contributed by atoms with E-state index in [0.717, 1.165) is 19.2 Å². The highest BCUT2D eigenvalue weighted by atomic mass is 19.1. The van der Waals surface area contributed by atoms with Crippen molar-refractivity contribution in [1.82, 2.24) is 4.90 Å². The summed E-state index contributed by atoms with van der Waals surface area (Å²) in [7, 11) is 1.96. The van der Waals surface area contributed by atoms with Crippen molar-refractivity contribution in [2.75, 3.05) is 38.1 Å². The molecule has 0 atom stereocenters. The van der Waals surface area contributed by atoms with Gasteiger partial charge >= 0.3 is 0 Å². The van der Waals surface area contributed by atoms with Crippen LogP contribution in [0.4, 0.5) is 15.8 Å². The summed E-state index contributed by atoms with van der Waals surface area (Å²) < 4.78 is 14.0. The Morgan fingerprint density at radius 2 is 1.95 bits per heavy atom. The molecule has 1 aromatic rings. The van der Waals surface area contributed by atoms with Gasteiger partial charge in [-0.1, -0.05) is 0 Å². The van der Waals surface area contributed by atoms with Crippen molar-refractivity contribution in [3.8, 4) is 0 Å². The number of primary amides is 1. The number of nitrogens with two attached hydrogens (primary N) is 1. The molecule has 1 amide bonds. The van der Waals surface area contributed by atoms with E-state index in [1.165, 1.54) is 6.07 Å². The molecule has 2 rings (SSSR count). The van der Waals surface area contributed by atoms with Crippen LogP contribution in [0, 0.1) is 15.9 Å². The van der Waals surface area contributed by atoms with Crippen LogP contribution in [-0.2, 0) is 0 Å². The number of carbonyl (C=O) groups is 1. The van der Waals surface area contributed by atoms with Crippen LogP contribution in [0.5, 0.6) is 0 Å². The second-order valence-electron chi connectivity index (χ2n) is 4.73. The number of likely N-dealkylation sites (N-methyl/N-ethyl adjacent to an activating group) is 1. The highest BCUT2D eigenvalue weighted by Gasteiger charge is 2.25. The van der Waals surface area contributed by atoms with Crippen LogP contribution >= 0.6 is 0 Å². The maximum absolute atomic E-state index is 14.0. The third-order valence-electron chi connectivity index (χ3n) is 3.37. The molecule has 0 spiro atoms. The summed E-state index contributed by atoms with van der Waals surface area (Å²) in [5, 5.41) is 10.8. The molecule has 0 saturated carbocycles. The van der Waals surface area contributed by atoms with Gasteiger partial charge in [-0.05, 0) is 13.1 Å². The Kier molecular flexibility index (Phi) is 3.84. The Labute approximate surface area is 114 Å². The van der Waals surface area contributed by atoms with Crippen molar-refractivity contribution in [3.63, 3.8) is 0 Å². The van der Waals surface area contributed by atoms with Gasteiger partial charge in [0.2, 0.25) is 0 Å². The zero-order valence-electron chi connectivity index (χ0n) is 11.0. The minimum atomic E-state index is -0.938. The molecule has 8 heteroatoms. The molecular weight excluding hydrogens is 267 g/mol. The first kappa shape index (κ1) is 14.2. The largest absolute Gasteiger partial charge is 0.367 e. The smallest absolute Gasteiger partial charge is 0.285 e. The molecule has 0 unspecified atom stereocenters. The molecule has 20 heavy (non-hydrogen) atoms. The molecule has 108 valence electrons. The molecule has 2 N–H and O–H groups in total. The van der Waals surface area contributed by atoms with Crippen LogP contribution in [0.2, 0.25) is 0 Å². The third-order valence-corrected chi connectivity index (χ3v) is 3.37. The average molecular weight is 282 g/mol. The van der Waals surface area contributed by atoms with Crippen LogP contribution < -0.4 is 10.6 Å². The van der Waals surface area contributed by atoms with Crippen molar-refractivity contribution in [1.29, 1.82) is 0 Å². The van der Waals surface area contributed by atoms with Crippen LogP contribution in [0.3, 0.4) is 0 Å². The predicted octanol–water partition coefficient (Wildman–Crippen LogP) is 0.585. The molecule has 1 aliphatic heterocycles. The minimum absolute atomic E-state index is 0.178. The monoisotopic (exact) mass is 282 g/mol. The van der Waals surface area contributed by atoms with Crippen molar-refractivity contribution >= 4 is 17.3 Å². The molecular formula is C12H15FN4O3. The topological polar surface area (TPSA) is 92.7 Å². The number of hydrogen-bond donors (Lipinski definition) is 1. The second kappa shape index (κ2) is 5.41. The third kappa shape index (κ3) is 2.69. The molecule has 0 aliphatic carbocycles. The number of anilines is 1. The summed E-state index contributed by atoms with van der Waals surface area (Å²) in [5.74, 6) is -1.65. The summed E-state index contributed by atoms with van der Waals surface area (Å²) in [6.45, 7) is 2.68. The number of piperazine rings is 1. The molecule has 0 radical (unpaired) electrons. The summed E-state index contributed by atoms with van der Waals surface area (Å²) in [6.07, 6.45) is 0. The van der Waals surface area contributed by atoms with Crippen molar-refractivity contribution < 1.29 is 14.1 Å². The van der Waals surface area contributed by atoms with Crippen LogP contribution in [0.1, 0.15) is 10.4 Å². The highest BCUT2D eigenvalue weighted by Crippen LogP contribution is 2.29. The Balaban J connectivity index is 2.41. The lowest BCUT2D eigenvalue weighted by Gasteiger charge is -2.34. The SMILES string of the molecule is CN1CCN(c2cc(C(N)=O)c([N+](=O)[O-])cc2F)CC1. The number of nitro benzene ring substituents is 1. The second-order valence-corrected chi connectivity index (χ2v) is 4.73. The molecule has 1 heterocycles. The molecule has 0 aromatic heterocycles. The van der Waals surface area contributed by atoms with Gasteiger partial charge in [-0.2, -0.15) is 0 Å². The number of benzene rings is 1. The van der Waals surface area contributed by atoms with Gasteiger partial charge in [-0.25, -0.2) is 4.39 Å². The quantitative estimate of drug-likeness (QED) is 0.646. The first-order chi connectivity index (χ1) is 9.40. The zero-order valence-corrected chi connectivity index (χ0v) is 11.0. The fourth-order valence-electron chi connectivity index (χ4n) is 2.19. The van der Waals surface area contributed by atoms with Crippen LogP contribution in [0.25, 0.3) is 0 Å². The van der Waals surface area contributed by atoms with E-state index in [2.05, 4.69) is 4.90 Å². The summed E-state index contributed by atoms with van der Waals surface area (Å²) >= 11 is 0. The van der Waals surface area contributed by atoms with Gasteiger partial charge in [-0.3, -0.25) is 14.9 Å². The molecule has 1 saturated heterocycles. The van der Waals surface area contributed by atoms with E-state index in [9.17, 15) is 19.3 Å². The first-order valence-electron chi connectivity index (χ1n) is 6.11. The predicted molar refractivity (Wildman–Crippen MR) is 71.3 cm³/mol. The number of carbonyl (C=O) groups excluding carboxylic acids is 1. The van der Waals surface area contributed by atoms with Gasteiger partial charge in [0.15, 0.2) is 5.82 Å². The zero-order chi connectivity index (χ0) is 14.9. The van der Waals surface area contributed by atoms with E-state index in [4.69, 9.17) is 5.73 Å². The van der Waals surface area contributed by atoms with E-state index in [1.54, 1.807) is 4.90 Å². The number of nitrogens with zero attached hydrogens (tertiary/aromatic N) is 3. The standard InChI is InChI=1S/C12H15FN4O3/c1-15-2-4-16(5-3-15)11-6-8(12(14)18)10(17(19)20)7-9(11)13/h6-7H,2-5H2,1H3,(H2,14,18). The van der Waals surface area contributed by atoms with Crippen molar-refractivity contribution in [3.05, 3.63) is 33.6 Å². The van der Waals surface area contributed by atoms with Gasteiger partial charge in [0.05, 0.1) is 16.7 Å². The van der Waals surface area contributed by atoms with E-state index in [1.807, 2.05) is 7.05 Å². The van der Waals surface area contributed by atoms with Crippen molar-refractivity contribution in [2.24, 2.45) is 5.73 Å². The Morgan fingerprint density at radius 1 is 1.35 bits per heavy atom. The van der Waals surface area contributed by atoms with E-state index in [-0.39, 0.29) is 11.3 Å². The lowest BCUT2D eigenvalue weighted by atomic mass is 10.1. The van der Waals surface area contributed by atoms with Gasteiger partial charge in [0, 0.05) is 26.2 Å². The lowest BCUT2D eigenvalue weighted by Crippen LogP contribution is -2.44. The number of halogens is 1. The maximum atomic E-state index is 14.0. The van der Waals surface area contributed by atoms with Crippen molar-refractivity contribution in [2.45, 2.75) is 0 Å². The molecule has 1 fully saturated rings. The van der Waals surface area contributed by atoms with E-state index >= 15 is 0 Å². The maximum Gasteiger partial charge on any atom is 0.285 e. The fourth-order valence-corrected chi connectivity index (χ4v) is 2.19. The van der Waals surface area contributed by atoms with Crippen LogP contribution in [-0.4, -0.2) is 49.0 Å². The van der Waals surface area contributed by atoms with Gasteiger partial charge < -0.3 is 15.5 Å². The van der Waals surface area contributed by atoms with Crippen LogP contribution in [0.15, 0.2) is 12.1 Å². The normalized spacial score (nSPS) is 16.2. The summed E-state index contributed by atoms with van der Waals surface area (Å²) in [6, 6.07) is 1.93. The minimum Gasteiger partial charge on any atom is -0.367 e. The van der Waals surface area contributed by atoms with E-state index in [0.29, 0.717) is 13.1 Å². The number of hydrogen-bond acceptors (Lipinski definition) is 5. The summed E-state index contributed by atoms with van der Waals surface area (Å²) in [4.78, 5) is 25.2. The number of nitro groups is 1. The Bertz CT molecular complexity index is 556. The van der Waals surface area contributed by atoms with Gasteiger partial charge in [-0.15, -0.1) is 0 Å². The Hall–Kier alpha value is -2.22. The first-order valence-corrected chi connectivity index (χ1v) is 6.11. The highest BCUT2D eigenvalue weighted by molar-refractivity contribution is 5.98. The molecule has 7 nitrogen and oxygen atoms in total. The van der Waals surface area contributed by atoms with E-state index < -0.39 is 22.3 Å². The molecule has 0 bridgehead atoms. The van der Waals surface area contributed by atoms with Gasteiger partial charge in [0.1, 0.15) is 5.56 Å². The number of amides is 1. The molecule has 1 aliphatic rings. The molecule has 1 aromatic carbocycles. The van der Waals surface area contributed by atoms with Gasteiger partial charge in [0.25, 0.3) is 11.6 Å². The summed E-state index contributed by atoms with van der Waals surface area (Å²) in [5.41, 5.74) is 4.43. The fraction of sp³-hybridized carbons (Fsp3) is 0.417. The number of rotatable bonds is 3.